The molecule has 1 aromatic carbocycles. The molecule has 14 heavy (non-hydrogen) atoms. The minimum Gasteiger partial charge on any atom is -0.496 e. The van der Waals surface area contributed by atoms with E-state index in [1.165, 1.54) is 23.9 Å². The Labute approximate surface area is 85.9 Å². The molecule has 0 radical (unpaired) electrons. The van der Waals surface area contributed by atoms with Gasteiger partial charge in [0.1, 0.15) is 6.61 Å². The third kappa shape index (κ3) is 3.06. The highest BCUT2D eigenvalue weighted by molar-refractivity contribution is 6.25. The van der Waals surface area contributed by atoms with E-state index in [1.54, 1.807) is 12.1 Å². The Morgan fingerprint density at radius 3 is 2.57 bits per heavy atom. The lowest BCUT2D eigenvalue weighted by molar-refractivity contribution is -0.384. The highest BCUT2D eigenvalue weighted by Gasteiger charge is 2.03. The van der Waals surface area contributed by atoms with Crippen molar-refractivity contribution in [3.63, 3.8) is 0 Å². The van der Waals surface area contributed by atoms with Gasteiger partial charge in [-0.05, 0) is 17.7 Å². The van der Waals surface area contributed by atoms with Gasteiger partial charge in [0.05, 0.1) is 11.2 Å². The summed E-state index contributed by atoms with van der Waals surface area (Å²) >= 11 is 5.24. The summed E-state index contributed by atoms with van der Waals surface area (Å²) in [5.41, 5.74) is 2.18. The van der Waals surface area contributed by atoms with Crippen molar-refractivity contribution in [2.75, 3.05) is 0 Å². The summed E-state index contributed by atoms with van der Waals surface area (Å²) < 4.78 is 4.99. The Hall–Kier alpha value is -1.55. The Balaban J connectivity index is 2.59. The molecule has 0 aliphatic rings. The van der Waals surface area contributed by atoms with Crippen LogP contribution >= 0.6 is 11.6 Å². The fourth-order valence-corrected chi connectivity index (χ4v) is 0.967. The van der Waals surface area contributed by atoms with E-state index < -0.39 is 4.92 Å². The first-order valence-electron chi connectivity index (χ1n) is 3.84. The second-order valence-electron chi connectivity index (χ2n) is 2.50. The fourth-order valence-electron chi connectivity index (χ4n) is 0.895. The van der Waals surface area contributed by atoms with E-state index in [0.29, 0.717) is 6.61 Å². The maximum absolute atomic E-state index is 10.3. The predicted octanol–water partition coefficient (Wildman–Crippen LogP) is 2.82. The summed E-state index contributed by atoms with van der Waals surface area (Å²) in [6, 6.07) is 6.15. The number of nitro benzene ring substituents is 1. The van der Waals surface area contributed by atoms with Crippen LogP contribution in [0.5, 0.6) is 0 Å². The largest absolute Gasteiger partial charge is 0.496 e. The van der Waals surface area contributed by atoms with Gasteiger partial charge in [-0.1, -0.05) is 11.6 Å². The zero-order chi connectivity index (χ0) is 10.4. The molecule has 0 aliphatic carbocycles. The van der Waals surface area contributed by atoms with Gasteiger partial charge in [0, 0.05) is 17.7 Å². The van der Waals surface area contributed by atoms with Gasteiger partial charge in [-0.3, -0.25) is 10.1 Å². The van der Waals surface area contributed by atoms with E-state index in [1.807, 2.05) is 0 Å². The average Bonchev–Trinajstić information content (AvgIpc) is 2.19. The summed E-state index contributed by atoms with van der Waals surface area (Å²) in [5.74, 6) is 0. The van der Waals surface area contributed by atoms with Crippen molar-refractivity contribution in [3.8, 4) is 0 Å². The third-order valence-electron chi connectivity index (χ3n) is 1.54. The lowest BCUT2D eigenvalue weighted by Crippen LogP contribution is -1.90. The van der Waals surface area contributed by atoms with Gasteiger partial charge in [0.15, 0.2) is 0 Å². The smallest absolute Gasteiger partial charge is 0.269 e. The molecule has 0 saturated carbocycles. The summed E-state index contributed by atoms with van der Waals surface area (Å²) in [7, 11) is 0. The normalized spacial score (nSPS) is 10.4. The van der Waals surface area contributed by atoms with Crippen LogP contribution in [-0.4, -0.2) is 4.92 Å². The SMILES string of the molecule is O=[N+]([O-])c1ccc(CO/C=C\Cl)cc1. The van der Waals surface area contributed by atoms with Crippen molar-refractivity contribution in [1.29, 1.82) is 0 Å². The number of ether oxygens (including phenoxy) is 1. The van der Waals surface area contributed by atoms with Crippen LogP contribution in [0.1, 0.15) is 5.56 Å². The van der Waals surface area contributed by atoms with Crippen LogP contribution in [0.15, 0.2) is 36.1 Å². The average molecular weight is 214 g/mol. The highest BCUT2D eigenvalue weighted by atomic mass is 35.5. The second-order valence-corrected chi connectivity index (χ2v) is 2.75. The van der Waals surface area contributed by atoms with E-state index in [2.05, 4.69) is 0 Å². The number of hydrogen-bond donors (Lipinski definition) is 0. The van der Waals surface area contributed by atoms with Crippen LogP contribution < -0.4 is 0 Å². The minimum atomic E-state index is -0.441. The Kier molecular flexibility index (Phi) is 3.94. The number of nitrogens with zero attached hydrogens (tertiary/aromatic N) is 1. The van der Waals surface area contributed by atoms with Gasteiger partial charge in [0.25, 0.3) is 5.69 Å². The van der Waals surface area contributed by atoms with Gasteiger partial charge in [0.2, 0.25) is 0 Å². The monoisotopic (exact) mass is 213 g/mol. The second kappa shape index (κ2) is 5.24. The van der Waals surface area contributed by atoms with Crippen molar-refractivity contribution >= 4 is 17.3 Å². The number of nitro groups is 1. The quantitative estimate of drug-likeness (QED) is 0.439. The molecule has 0 bridgehead atoms. The minimum absolute atomic E-state index is 0.0710. The third-order valence-corrected chi connectivity index (χ3v) is 1.65. The number of hydrogen-bond acceptors (Lipinski definition) is 3. The molecule has 1 rings (SSSR count). The molecule has 0 atom stereocenters. The van der Waals surface area contributed by atoms with Gasteiger partial charge in [-0.15, -0.1) is 0 Å². The zero-order valence-corrected chi connectivity index (χ0v) is 7.98. The molecule has 5 heteroatoms. The molecular weight excluding hydrogens is 206 g/mol. The van der Waals surface area contributed by atoms with Crippen molar-refractivity contribution in [2.24, 2.45) is 0 Å². The molecule has 0 aliphatic heterocycles. The van der Waals surface area contributed by atoms with Crippen LogP contribution in [0.4, 0.5) is 5.69 Å². The Morgan fingerprint density at radius 1 is 1.43 bits per heavy atom. The molecule has 74 valence electrons. The summed E-state index contributed by atoms with van der Waals surface area (Å²) in [4.78, 5) is 9.88. The molecule has 0 fully saturated rings. The molecule has 0 saturated heterocycles. The van der Waals surface area contributed by atoms with Crippen LogP contribution in [0.2, 0.25) is 0 Å². The molecule has 0 spiro atoms. The molecule has 0 N–H and O–H groups in total. The van der Waals surface area contributed by atoms with Crippen molar-refractivity contribution < 1.29 is 9.66 Å². The van der Waals surface area contributed by atoms with Crippen molar-refractivity contribution in [3.05, 3.63) is 51.7 Å². The van der Waals surface area contributed by atoms with Crippen molar-refractivity contribution in [2.45, 2.75) is 6.61 Å². The molecule has 0 unspecified atom stereocenters. The van der Waals surface area contributed by atoms with Crippen LogP contribution in [-0.2, 0) is 11.3 Å². The fraction of sp³-hybridized carbons (Fsp3) is 0.111. The Bertz CT molecular complexity index is 334. The summed E-state index contributed by atoms with van der Waals surface area (Å²) in [5, 5.41) is 10.3. The van der Waals surface area contributed by atoms with Crippen LogP contribution in [0.3, 0.4) is 0 Å². The topological polar surface area (TPSA) is 52.4 Å². The maximum Gasteiger partial charge on any atom is 0.269 e. The van der Waals surface area contributed by atoms with E-state index in [4.69, 9.17) is 16.3 Å². The lowest BCUT2D eigenvalue weighted by atomic mass is 10.2. The van der Waals surface area contributed by atoms with Crippen molar-refractivity contribution in [1.82, 2.24) is 0 Å². The van der Waals surface area contributed by atoms with Gasteiger partial charge in [-0.25, -0.2) is 0 Å². The maximum atomic E-state index is 10.3. The predicted molar refractivity (Wildman–Crippen MR) is 52.9 cm³/mol. The first-order valence-corrected chi connectivity index (χ1v) is 4.28. The molecule has 0 amide bonds. The molecule has 1 aromatic rings. The first-order chi connectivity index (χ1) is 6.74. The van der Waals surface area contributed by atoms with Crippen LogP contribution in [0, 0.1) is 10.1 Å². The number of halogens is 1. The standard InChI is InChI=1S/C9H8ClNO3/c10-5-6-14-7-8-1-3-9(4-2-8)11(12)13/h1-6H,7H2/b6-5-. The van der Waals surface area contributed by atoms with Gasteiger partial charge < -0.3 is 4.74 Å². The number of benzene rings is 1. The zero-order valence-electron chi connectivity index (χ0n) is 7.22. The van der Waals surface area contributed by atoms with E-state index in [9.17, 15) is 10.1 Å². The summed E-state index contributed by atoms with van der Waals surface area (Å²) in [6.45, 7) is 0.348. The van der Waals surface area contributed by atoms with E-state index >= 15 is 0 Å². The molecule has 0 heterocycles. The van der Waals surface area contributed by atoms with E-state index in [-0.39, 0.29) is 5.69 Å². The van der Waals surface area contributed by atoms with E-state index in [0.717, 1.165) is 5.56 Å². The number of rotatable bonds is 4. The molecule has 4 nitrogen and oxygen atoms in total. The van der Waals surface area contributed by atoms with Gasteiger partial charge in [-0.2, -0.15) is 0 Å². The highest BCUT2D eigenvalue weighted by Crippen LogP contribution is 2.12. The molecular formula is C9H8ClNO3. The van der Waals surface area contributed by atoms with Gasteiger partial charge >= 0.3 is 0 Å². The lowest BCUT2D eigenvalue weighted by Gasteiger charge is -1.99. The number of non-ortho nitro benzene ring substituents is 1. The Morgan fingerprint density at radius 2 is 2.07 bits per heavy atom. The summed E-state index contributed by atoms with van der Waals surface area (Å²) in [6.07, 6.45) is 1.35. The first kappa shape index (κ1) is 10.5. The molecule has 0 aromatic heterocycles. The van der Waals surface area contributed by atoms with Crippen LogP contribution in [0.25, 0.3) is 0 Å².